The third kappa shape index (κ3) is 3.55. The van der Waals surface area contributed by atoms with Crippen LogP contribution in [-0.2, 0) is 4.74 Å². The minimum atomic E-state index is -0.672. The molecule has 0 radical (unpaired) electrons. The second-order valence-electron chi connectivity index (χ2n) is 5.38. The van der Waals surface area contributed by atoms with Gasteiger partial charge in [-0.2, -0.15) is 0 Å². The van der Waals surface area contributed by atoms with Crippen molar-refractivity contribution in [1.29, 1.82) is 0 Å². The summed E-state index contributed by atoms with van der Waals surface area (Å²) in [7, 11) is 1.60. The van der Waals surface area contributed by atoms with Crippen LogP contribution in [-0.4, -0.2) is 55.4 Å². The van der Waals surface area contributed by atoms with Crippen LogP contribution in [0.25, 0.3) is 11.3 Å². The van der Waals surface area contributed by atoms with Crippen LogP contribution in [0.5, 0.6) is 5.75 Å². The van der Waals surface area contributed by atoms with E-state index in [0.29, 0.717) is 18.9 Å². The third-order valence-corrected chi connectivity index (χ3v) is 3.71. The largest absolute Gasteiger partial charge is 0.497 e. The lowest BCUT2D eigenvalue weighted by Crippen LogP contribution is -2.37. The van der Waals surface area contributed by atoms with Crippen molar-refractivity contribution >= 4 is 5.91 Å². The van der Waals surface area contributed by atoms with Gasteiger partial charge >= 0.3 is 0 Å². The smallest absolute Gasteiger partial charge is 0.289 e. The fourth-order valence-electron chi connectivity index (χ4n) is 2.52. The predicted octanol–water partition coefficient (Wildman–Crippen LogP) is 1.79. The first-order valence-corrected chi connectivity index (χ1v) is 7.46. The Morgan fingerprint density at radius 3 is 3.04 bits per heavy atom. The maximum absolute atomic E-state index is 12.5. The Kier molecular flexibility index (Phi) is 4.64. The van der Waals surface area contributed by atoms with E-state index in [-0.39, 0.29) is 24.8 Å². The summed E-state index contributed by atoms with van der Waals surface area (Å²) >= 11 is 0. The first-order valence-electron chi connectivity index (χ1n) is 7.46. The number of rotatable bonds is 3. The Morgan fingerprint density at radius 1 is 1.35 bits per heavy atom. The minimum Gasteiger partial charge on any atom is -0.497 e. The standard InChI is InChI=1S/C17H19NO5/c1-21-14-4-2-3-12(9-14)15-5-6-16(23-15)17(20)18-7-8-22-11-13(19)10-18/h2-6,9,13,19H,7-8,10-11H2,1H3. The van der Waals surface area contributed by atoms with Crippen molar-refractivity contribution in [1.82, 2.24) is 4.90 Å². The van der Waals surface area contributed by atoms with Crippen molar-refractivity contribution in [3.63, 3.8) is 0 Å². The first-order chi connectivity index (χ1) is 11.2. The van der Waals surface area contributed by atoms with Gasteiger partial charge in [-0.05, 0) is 24.3 Å². The number of ether oxygens (including phenoxy) is 2. The summed E-state index contributed by atoms with van der Waals surface area (Å²) in [5.41, 5.74) is 0.836. The van der Waals surface area contributed by atoms with Crippen molar-refractivity contribution in [2.75, 3.05) is 33.4 Å². The zero-order valence-electron chi connectivity index (χ0n) is 12.9. The van der Waals surface area contributed by atoms with Crippen LogP contribution < -0.4 is 4.74 Å². The Morgan fingerprint density at radius 2 is 2.22 bits per heavy atom. The molecule has 1 aliphatic heterocycles. The van der Waals surface area contributed by atoms with Crippen molar-refractivity contribution in [2.24, 2.45) is 0 Å². The van der Waals surface area contributed by atoms with Gasteiger partial charge in [-0.3, -0.25) is 4.79 Å². The van der Waals surface area contributed by atoms with E-state index in [2.05, 4.69) is 0 Å². The molecule has 1 amide bonds. The number of carbonyl (C=O) groups excluding carboxylic acids is 1. The Hall–Kier alpha value is -2.31. The van der Waals surface area contributed by atoms with Crippen molar-refractivity contribution in [3.05, 3.63) is 42.2 Å². The number of furan rings is 1. The fraction of sp³-hybridized carbons (Fsp3) is 0.353. The molecule has 2 aromatic rings. The highest BCUT2D eigenvalue weighted by atomic mass is 16.5. The van der Waals surface area contributed by atoms with Crippen molar-refractivity contribution < 1.29 is 23.8 Å². The van der Waals surface area contributed by atoms with Gasteiger partial charge in [-0.1, -0.05) is 12.1 Å². The number of hydrogen-bond donors (Lipinski definition) is 1. The van der Waals surface area contributed by atoms with Gasteiger partial charge in [0.05, 0.1) is 26.4 Å². The van der Waals surface area contributed by atoms with E-state index in [0.717, 1.165) is 11.3 Å². The van der Waals surface area contributed by atoms with Gasteiger partial charge in [0.25, 0.3) is 5.91 Å². The van der Waals surface area contributed by atoms with Crippen molar-refractivity contribution in [2.45, 2.75) is 6.10 Å². The molecule has 6 heteroatoms. The number of nitrogens with zero attached hydrogens (tertiary/aromatic N) is 1. The summed E-state index contributed by atoms with van der Waals surface area (Å²) in [5, 5.41) is 9.73. The Labute approximate surface area is 134 Å². The predicted molar refractivity (Wildman–Crippen MR) is 83.4 cm³/mol. The molecule has 0 bridgehead atoms. The van der Waals surface area contributed by atoms with Crippen LogP contribution in [0.1, 0.15) is 10.6 Å². The average molecular weight is 317 g/mol. The molecule has 1 aliphatic rings. The molecule has 1 saturated heterocycles. The van der Waals surface area contributed by atoms with Crippen LogP contribution in [0.4, 0.5) is 0 Å². The lowest BCUT2D eigenvalue weighted by molar-refractivity contribution is 0.0526. The van der Waals surface area contributed by atoms with Gasteiger partial charge in [-0.15, -0.1) is 0 Å². The zero-order valence-corrected chi connectivity index (χ0v) is 12.9. The van der Waals surface area contributed by atoms with Gasteiger partial charge in [-0.25, -0.2) is 0 Å². The average Bonchev–Trinajstić information content (AvgIpc) is 2.97. The van der Waals surface area contributed by atoms with Gasteiger partial charge in [0, 0.05) is 18.7 Å². The van der Waals surface area contributed by atoms with Gasteiger partial charge in [0.1, 0.15) is 11.5 Å². The summed E-state index contributed by atoms with van der Waals surface area (Å²) in [6, 6.07) is 10.8. The maximum Gasteiger partial charge on any atom is 0.289 e. The molecule has 122 valence electrons. The summed E-state index contributed by atoms with van der Waals surface area (Å²) in [6.07, 6.45) is -0.672. The molecular weight excluding hydrogens is 298 g/mol. The SMILES string of the molecule is COc1cccc(-c2ccc(C(=O)N3CCOCC(O)C3)o2)c1. The van der Waals surface area contributed by atoms with Crippen LogP contribution in [0.2, 0.25) is 0 Å². The molecule has 0 saturated carbocycles. The second-order valence-corrected chi connectivity index (χ2v) is 5.38. The number of methoxy groups -OCH3 is 1. The molecule has 3 rings (SSSR count). The molecule has 1 N–H and O–H groups in total. The normalized spacial score (nSPS) is 18.5. The Balaban J connectivity index is 1.79. The summed E-state index contributed by atoms with van der Waals surface area (Å²) < 4.78 is 16.1. The molecule has 1 aromatic heterocycles. The van der Waals surface area contributed by atoms with Gasteiger partial charge in [0.2, 0.25) is 0 Å². The number of aliphatic hydroxyl groups is 1. The van der Waals surface area contributed by atoms with E-state index < -0.39 is 6.10 Å². The third-order valence-electron chi connectivity index (χ3n) is 3.71. The molecule has 1 aromatic carbocycles. The van der Waals surface area contributed by atoms with E-state index in [1.807, 2.05) is 24.3 Å². The highest BCUT2D eigenvalue weighted by Gasteiger charge is 2.24. The van der Waals surface area contributed by atoms with Crippen LogP contribution in [0.3, 0.4) is 0 Å². The first kappa shape index (κ1) is 15.6. The molecule has 1 fully saturated rings. The van der Waals surface area contributed by atoms with E-state index in [4.69, 9.17) is 13.9 Å². The number of β-amino-alcohol motifs (C(OH)–C–C–N with tert-alkyl or cyclic N) is 1. The summed E-state index contributed by atoms with van der Waals surface area (Å²) in [4.78, 5) is 14.1. The zero-order chi connectivity index (χ0) is 16.2. The molecule has 23 heavy (non-hydrogen) atoms. The highest BCUT2D eigenvalue weighted by Crippen LogP contribution is 2.26. The monoisotopic (exact) mass is 317 g/mol. The van der Waals surface area contributed by atoms with Crippen LogP contribution in [0.15, 0.2) is 40.8 Å². The number of amides is 1. The van der Waals surface area contributed by atoms with E-state index in [1.165, 1.54) is 0 Å². The number of carbonyl (C=O) groups is 1. The van der Waals surface area contributed by atoms with E-state index >= 15 is 0 Å². The summed E-state index contributed by atoms with van der Waals surface area (Å²) in [6.45, 7) is 1.34. The lowest BCUT2D eigenvalue weighted by atomic mass is 10.2. The number of aliphatic hydroxyl groups excluding tert-OH is 1. The minimum absolute atomic E-state index is 0.244. The Bertz CT molecular complexity index is 681. The van der Waals surface area contributed by atoms with Crippen molar-refractivity contribution in [3.8, 4) is 17.1 Å². The van der Waals surface area contributed by atoms with Gasteiger partial charge in [0.15, 0.2) is 5.76 Å². The van der Waals surface area contributed by atoms with Crippen LogP contribution in [0, 0.1) is 0 Å². The number of benzene rings is 1. The lowest BCUT2D eigenvalue weighted by Gasteiger charge is -2.19. The summed E-state index contributed by atoms with van der Waals surface area (Å²) in [5.74, 6) is 1.32. The van der Waals surface area contributed by atoms with Gasteiger partial charge < -0.3 is 23.9 Å². The fourth-order valence-corrected chi connectivity index (χ4v) is 2.52. The molecule has 1 atom stereocenters. The topological polar surface area (TPSA) is 72.1 Å². The van der Waals surface area contributed by atoms with E-state index in [9.17, 15) is 9.90 Å². The molecule has 6 nitrogen and oxygen atoms in total. The molecular formula is C17H19NO5. The highest BCUT2D eigenvalue weighted by molar-refractivity contribution is 5.92. The molecule has 2 heterocycles. The quantitative estimate of drug-likeness (QED) is 0.934. The molecule has 0 aliphatic carbocycles. The van der Waals surface area contributed by atoms with Crippen LogP contribution >= 0.6 is 0 Å². The van der Waals surface area contributed by atoms with E-state index in [1.54, 1.807) is 24.1 Å². The second kappa shape index (κ2) is 6.85. The maximum atomic E-state index is 12.5. The molecule has 0 spiro atoms. The number of hydrogen-bond acceptors (Lipinski definition) is 5. The molecule has 1 unspecified atom stereocenters.